The summed E-state index contributed by atoms with van der Waals surface area (Å²) >= 11 is 7.56. The van der Waals surface area contributed by atoms with E-state index < -0.39 is 11.8 Å². The predicted molar refractivity (Wildman–Crippen MR) is 187 cm³/mol. The molecule has 1 aliphatic rings. The van der Waals surface area contributed by atoms with Crippen LogP contribution in [0.2, 0.25) is 5.02 Å². The summed E-state index contributed by atoms with van der Waals surface area (Å²) in [4.78, 5) is 54.8. The van der Waals surface area contributed by atoms with E-state index in [0.29, 0.717) is 63.8 Å². The fraction of sp³-hybridized carbons (Fsp3) is 0.273. The SMILES string of the molecule is Cn1cc(NC(=O)c2cc(NC(=O)c3cc(NC(=O)c4cc5cccc(Cl)c5s4)cn3C)cn2C)cc1C(=O)NCCN1CCOCC1. The van der Waals surface area contributed by atoms with Gasteiger partial charge in [-0.2, -0.15) is 0 Å². The number of nitrogens with one attached hydrogen (secondary N) is 4. The van der Waals surface area contributed by atoms with E-state index >= 15 is 0 Å². The summed E-state index contributed by atoms with van der Waals surface area (Å²) in [6.45, 7) is 4.33. The van der Waals surface area contributed by atoms with Gasteiger partial charge in [-0.25, -0.2) is 0 Å². The van der Waals surface area contributed by atoms with Crippen molar-refractivity contribution in [2.45, 2.75) is 0 Å². The molecule has 1 aliphatic heterocycles. The minimum Gasteiger partial charge on any atom is -0.379 e. The highest BCUT2D eigenvalue weighted by Crippen LogP contribution is 2.32. The van der Waals surface area contributed by atoms with Gasteiger partial charge in [0.1, 0.15) is 17.1 Å². The van der Waals surface area contributed by atoms with Crippen LogP contribution in [0.15, 0.2) is 61.1 Å². The number of amides is 4. The number of carbonyl (C=O) groups is 4. The van der Waals surface area contributed by atoms with Crippen molar-refractivity contribution in [2.24, 2.45) is 21.1 Å². The van der Waals surface area contributed by atoms with E-state index in [4.69, 9.17) is 16.3 Å². The first-order valence-electron chi connectivity index (χ1n) is 15.2. The molecule has 0 aliphatic carbocycles. The van der Waals surface area contributed by atoms with E-state index in [1.807, 2.05) is 12.1 Å². The van der Waals surface area contributed by atoms with E-state index in [1.165, 1.54) is 11.3 Å². The Kier molecular flexibility index (Phi) is 9.68. The van der Waals surface area contributed by atoms with Gasteiger partial charge in [-0.05, 0) is 35.7 Å². The van der Waals surface area contributed by atoms with Gasteiger partial charge in [0.15, 0.2) is 0 Å². The van der Waals surface area contributed by atoms with Gasteiger partial charge in [0.05, 0.1) is 44.9 Å². The van der Waals surface area contributed by atoms with Crippen LogP contribution >= 0.6 is 22.9 Å². The third kappa shape index (κ3) is 7.31. The maximum absolute atomic E-state index is 13.2. The second-order valence-corrected chi connectivity index (χ2v) is 13.0. The zero-order valence-corrected chi connectivity index (χ0v) is 28.2. The highest BCUT2D eigenvalue weighted by atomic mass is 35.5. The Balaban J connectivity index is 1.05. The summed E-state index contributed by atoms with van der Waals surface area (Å²) in [7, 11) is 5.13. The van der Waals surface area contributed by atoms with Crippen LogP contribution in [0.3, 0.4) is 0 Å². The molecule has 250 valence electrons. The van der Waals surface area contributed by atoms with Crippen LogP contribution in [0, 0.1) is 0 Å². The van der Waals surface area contributed by atoms with Crippen molar-refractivity contribution in [1.29, 1.82) is 0 Å². The number of halogens is 1. The molecule has 0 saturated carbocycles. The van der Waals surface area contributed by atoms with Crippen molar-refractivity contribution in [2.75, 3.05) is 55.3 Å². The van der Waals surface area contributed by atoms with Crippen molar-refractivity contribution >= 4 is 73.7 Å². The highest BCUT2D eigenvalue weighted by molar-refractivity contribution is 7.21. The quantitative estimate of drug-likeness (QED) is 0.171. The van der Waals surface area contributed by atoms with Crippen LogP contribution in [-0.2, 0) is 25.9 Å². The number of ether oxygens (including phenoxy) is 1. The smallest absolute Gasteiger partial charge is 0.272 e. The fourth-order valence-corrected chi connectivity index (χ4v) is 6.80. The minimum atomic E-state index is -0.420. The Bertz CT molecular complexity index is 2020. The fourth-order valence-electron chi connectivity index (χ4n) is 5.54. The molecule has 0 radical (unpaired) electrons. The number of morpholine rings is 1. The van der Waals surface area contributed by atoms with Crippen molar-refractivity contribution in [3.8, 4) is 0 Å². The molecular formula is C33H35ClN8O5S. The molecule has 0 bridgehead atoms. The maximum atomic E-state index is 13.2. The van der Waals surface area contributed by atoms with Gasteiger partial charge in [-0.1, -0.05) is 23.7 Å². The number of anilines is 3. The molecular weight excluding hydrogens is 656 g/mol. The molecule has 4 aromatic heterocycles. The Morgan fingerprint density at radius 3 is 1.81 bits per heavy atom. The van der Waals surface area contributed by atoms with Crippen molar-refractivity contribution in [3.05, 3.63) is 88.0 Å². The number of benzene rings is 1. The number of rotatable bonds is 10. The van der Waals surface area contributed by atoms with Crippen LogP contribution in [0.4, 0.5) is 17.1 Å². The van der Waals surface area contributed by atoms with Crippen molar-refractivity contribution in [1.82, 2.24) is 23.9 Å². The van der Waals surface area contributed by atoms with Gasteiger partial charge < -0.3 is 39.7 Å². The van der Waals surface area contributed by atoms with Crippen molar-refractivity contribution in [3.63, 3.8) is 0 Å². The van der Waals surface area contributed by atoms with Gasteiger partial charge in [-0.3, -0.25) is 24.1 Å². The predicted octanol–water partition coefficient (Wildman–Crippen LogP) is 4.39. The Morgan fingerprint density at radius 1 is 0.750 bits per heavy atom. The minimum absolute atomic E-state index is 0.233. The molecule has 0 spiro atoms. The van der Waals surface area contributed by atoms with Crippen LogP contribution in [0.25, 0.3) is 10.1 Å². The third-order valence-electron chi connectivity index (χ3n) is 8.02. The average Bonchev–Trinajstić information content (AvgIpc) is 3.83. The monoisotopic (exact) mass is 690 g/mol. The van der Waals surface area contributed by atoms with Crippen LogP contribution < -0.4 is 21.3 Å². The summed E-state index contributed by atoms with van der Waals surface area (Å²) in [6.07, 6.45) is 4.95. The zero-order valence-electron chi connectivity index (χ0n) is 26.6. The van der Waals surface area contributed by atoms with Gasteiger partial charge in [0.25, 0.3) is 23.6 Å². The lowest BCUT2D eigenvalue weighted by molar-refractivity contribution is 0.0383. The summed E-state index contributed by atoms with van der Waals surface area (Å²) < 4.78 is 11.1. The molecule has 1 saturated heterocycles. The number of hydrogen-bond acceptors (Lipinski definition) is 7. The number of aryl methyl sites for hydroxylation is 3. The molecule has 5 aromatic rings. The Hall–Kier alpha value is -4.89. The number of fused-ring (bicyclic) bond motifs is 1. The van der Waals surface area contributed by atoms with Crippen molar-refractivity contribution < 1.29 is 23.9 Å². The largest absolute Gasteiger partial charge is 0.379 e. The molecule has 13 nitrogen and oxygen atoms in total. The lowest BCUT2D eigenvalue weighted by Gasteiger charge is -2.26. The molecule has 6 rings (SSSR count). The number of thiophene rings is 1. The molecule has 4 N–H and O–H groups in total. The normalized spacial score (nSPS) is 13.4. The summed E-state index contributed by atoms with van der Waals surface area (Å²) in [6, 6.07) is 12.1. The number of aromatic nitrogens is 3. The molecule has 4 amide bonds. The summed E-state index contributed by atoms with van der Waals surface area (Å²) in [5.41, 5.74) is 2.35. The zero-order chi connectivity index (χ0) is 33.9. The first-order chi connectivity index (χ1) is 23.0. The number of hydrogen-bond donors (Lipinski definition) is 4. The number of nitrogens with zero attached hydrogens (tertiary/aromatic N) is 4. The van der Waals surface area contributed by atoms with Gasteiger partial charge >= 0.3 is 0 Å². The molecule has 48 heavy (non-hydrogen) atoms. The third-order valence-corrected chi connectivity index (χ3v) is 9.63. The van der Waals surface area contributed by atoms with E-state index in [-0.39, 0.29) is 11.8 Å². The van der Waals surface area contributed by atoms with Gasteiger partial charge in [-0.15, -0.1) is 11.3 Å². The molecule has 0 unspecified atom stereocenters. The maximum Gasteiger partial charge on any atom is 0.272 e. The molecule has 1 fully saturated rings. The first kappa shape index (κ1) is 33.0. The Labute approximate surface area is 285 Å². The molecule has 5 heterocycles. The lowest BCUT2D eigenvalue weighted by Crippen LogP contribution is -2.41. The first-order valence-corrected chi connectivity index (χ1v) is 16.4. The lowest BCUT2D eigenvalue weighted by atomic mass is 10.2. The van der Waals surface area contributed by atoms with Crippen LogP contribution in [-0.4, -0.2) is 81.6 Å². The second-order valence-electron chi connectivity index (χ2n) is 11.5. The summed E-state index contributed by atoms with van der Waals surface area (Å²) in [5.74, 6) is -1.37. The average molecular weight is 691 g/mol. The molecule has 1 aromatic carbocycles. The Morgan fingerprint density at radius 2 is 1.27 bits per heavy atom. The van der Waals surface area contributed by atoms with Gasteiger partial charge in [0, 0.05) is 65.9 Å². The van der Waals surface area contributed by atoms with Gasteiger partial charge in [0.2, 0.25) is 0 Å². The standard InChI is InChI=1S/C33H35ClN8O5S/c1-39-17-21(14-25(39)30(43)35-7-8-42-9-11-47-12-10-42)36-31(44)26-15-22(18-40(26)2)37-32(45)27-16-23(19-41(27)3)38-33(46)28-13-20-5-4-6-24(34)29(20)48-28/h4-6,13-19H,7-12H2,1-3H3,(H,35,43)(H,36,44)(H,37,45)(H,38,46). The summed E-state index contributed by atoms with van der Waals surface area (Å²) in [5, 5.41) is 12.9. The van der Waals surface area contributed by atoms with E-state index in [9.17, 15) is 19.2 Å². The van der Waals surface area contributed by atoms with E-state index in [1.54, 1.807) is 83.8 Å². The van der Waals surface area contributed by atoms with Crippen LogP contribution in [0.5, 0.6) is 0 Å². The molecule has 0 atom stereocenters. The van der Waals surface area contributed by atoms with E-state index in [0.717, 1.165) is 29.7 Å². The van der Waals surface area contributed by atoms with E-state index in [2.05, 4.69) is 26.2 Å². The highest BCUT2D eigenvalue weighted by Gasteiger charge is 2.20. The molecule has 15 heteroatoms. The number of carbonyl (C=O) groups excluding carboxylic acids is 4. The topological polar surface area (TPSA) is 144 Å². The second kappa shape index (κ2) is 14.1. The van der Waals surface area contributed by atoms with Crippen LogP contribution in [0.1, 0.15) is 41.1 Å².